The van der Waals surface area contributed by atoms with Gasteiger partial charge in [0, 0.05) is 13.3 Å². The SMILES string of the molecule is CC(=O)S[C@H](C(=O)NC1(C(=O)N[C@@H](Cc2ccc(O)cc2)C(=O)OCc2ccccc2)CCCC1)C(C)C. The van der Waals surface area contributed by atoms with Crippen molar-refractivity contribution in [2.24, 2.45) is 5.92 Å². The van der Waals surface area contributed by atoms with Crippen molar-refractivity contribution in [1.29, 1.82) is 0 Å². The van der Waals surface area contributed by atoms with E-state index in [0.29, 0.717) is 12.8 Å². The molecule has 38 heavy (non-hydrogen) atoms. The third kappa shape index (κ3) is 8.08. The van der Waals surface area contributed by atoms with Crippen molar-refractivity contribution in [1.82, 2.24) is 10.6 Å². The molecular formula is C29H36N2O6S. The Bertz CT molecular complexity index is 1110. The van der Waals surface area contributed by atoms with Gasteiger partial charge in [0.1, 0.15) is 23.9 Å². The van der Waals surface area contributed by atoms with Crippen molar-refractivity contribution in [3.8, 4) is 5.75 Å². The molecule has 8 nitrogen and oxygen atoms in total. The van der Waals surface area contributed by atoms with Crippen LogP contribution in [0.25, 0.3) is 0 Å². The number of nitrogens with one attached hydrogen (secondary N) is 2. The maximum absolute atomic E-state index is 13.7. The van der Waals surface area contributed by atoms with E-state index in [0.717, 1.165) is 35.7 Å². The number of amides is 2. The third-order valence-electron chi connectivity index (χ3n) is 6.60. The van der Waals surface area contributed by atoms with Gasteiger partial charge >= 0.3 is 5.97 Å². The Hall–Kier alpha value is -3.33. The minimum absolute atomic E-state index is 0.0574. The molecule has 0 aliphatic heterocycles. The van der Waals surface area contributed by atoms with Crippen molar-refractivity contribution in [3.63, 3.8) is 0 Å². The summed E-state index contributed by atoms with van der Waals surface area (Å²) in [6.07, 6.45) is 2.52. The van der Waals surface area contributed by atoms with Gasteiger partial charge in [-0.05, 0) is 42.0 Å². The zero-order chi connectivity index (χ0) is 27.7. The van der Waals surface area contributed by atoms with Crippen molar-refractivity contribution < 1.29 is 29.0 Å². The van der Waals surface area contributed by atoms with E-state index < -0.39 is 28.7 Å². The van der Waals surface area contributed by atoms with E-state index in [-0.39, 0.29) is 35.7 Å². The van der Waals surface area contributed by atoms with Gasteiger partial charge in [-0.15, -0.1) is 0 Å². The van der Waals surface area contributed by atoms with Crippen LogP contribution in [0.5, 0.6) is 5.75 Å². The molecule has 1 saturated carbocycles. The second kappa shape index (κ2) is 13.5. The number of ether oxygens (including phenoxy) is 1. The van der Waals surface area contributed by atoms with Gasteiger partial charge in [-0.1, -0.05) is 80.9 Å². The lowest BCUT2D eigenvalue weighted by molar-refractivity contribution is -0.150. The monoisotopic (exact) mass is 540 g/mol. The summed E-state index contributed by atoms with van der Waals surface area (Å²) in [6.45, 7) is 5.19. The number of hydrogen-bond donors (Lipinski definition) is 3. The van der Waals surface area contributed by atoms with Crippen LogP contribution in [0.1, 0.15) is 57.6 Å². The molecule has 204 valence electrons. The van der Waals surface area contributed by atoms with Crippen LogP contribution in [-0.2, 0) is 36.9 Å². The number of carbonyl (C=O) groups is 4. The fraction of sp³-hybridized carbons (Fsp3) is 0.448. The first-order chi connectivity index (χ1) is 18.1. The molecule has 0 aromatic heterocycles. The molecule has 2 aromatic carbocycles. The van der Waals surface area contributed by atoms with E-state index in [1.54, 1.807) is 12.1 Å². The average Bonchev–Trinajstić information content (AvgIpc) is 3.36. The van der Waals surface area contributed by atoms with Gasteiger partial charge in [0.05, 0.1) is 5.25 Å². The molecule has 1 fully saturated rings. The summed E-state index contributed by atoms with van der Waals surface area (Å²) in [5.74, 6) is -1.42. The van der Waals surface area contributed by atoms with E-state index in [2.05, 4.69) is 10.6 Å². The molecule has 3 N–H and O–H groups in total. The lowest BCUT2D eigenvalue weighted by Gasteiger charge is -2.33. The highest BCUT2D eigenvalue weighted by atomic mass is 32.2. The first-order valence-corrected chi connectivity index (χ1v) is 13.8. The van der Waals surface area contributed by atoms with Crippen LogP contribution in [-0.4, -0.2) is 44.8 Å². The molecule has 9 heteroatoms. The van der Waals surface area contributed by atoms with E-state index in [9.17, 15) is 24.3 Å². The molecule has 3 rings (SSSR count). The molecule has 2 aromatic rings. The Labute approximate surface area is 227 Å². The predicted molar refractivity (Wildman–Crippen MR) is 146 cm³/mol. The quantitative estimate of drug-likeness (QED) is 0.370. The first kappa shape index (κ1) is 29.2. The van der Waals surface area contributed by atoms with Crippen molar-refractivity contribution >= 4 is 34.7 Å². The topological polar surface area (TPSA) is 122 Å². The van der Waals surface area contributed by atoms with E-state index in [1.165, 1.54) is 19.1 Å². The fourth-order valence-electron chi connectivity index (χ4n) is 4.55. The normalized spacial score (nSPS) is 15.9. The van der Waals surface area contributed by atoms with Crippen LogP contribution in [0, 0.1) is 5.92 Å². The number of aromatic hydroxyl groups is 1. The van der Waals surface area contributed by atoms with Gasteiger partial charge in [-0.25, -0.2) is 4.79 Å². The molecule has 0 heterocycles. The zero-order valence-electron chi connectivity index (χ0n) is 22.1. The Morgan fingerprint density at radius 2 is 1.61 bits per heavy atom. The fourth-order valence-corrected chi connectivity index (χ4v) is 5.35. The highest BCUT2D eigenvalue weighted by molar-refractivity contribution is 8.14. The largest absolute Gasteiger partial charge is 0.508 e. The zero-order valence-corrected chi connectivity index (χ0v) is 22.9. The Balaban J connectivity index is 1.79. The summed E-state index contributed by atoms with van der Waals surface area (Å²) < 4.78 is 5.55. The minimum Gasteiger partial charge on any atom is -0.508 e. The van der Waals surface area contributed by atoms with E-state index in [4.69, 9.17) is 4.74 Å². The summed E-state index contributed by atoms with van der Waals surface area (Å²) in [7, 11) is 0. The number of phenols is 1. The van der Waals surface area contributed by atoms with Crippen LogP contribution in [0.2, 0.25) is 0 Å². The Morgan fingerprint density at radius 3 is 2.18 bits per heavy atom. The molecule has 0 unspecified atom stereocenters. The van der Waals surface area contributed by atoms with Crippen LogP contribution in [0.3, 0.4) is 0 Å². The van der Waals surface area contributed by atoms with E-state index >= 15 is 0 Å². The summed E-state index contributed by atoms with van der Waals surface area (Å²) in [5.41, 5.74) is 0.374. The van der Waals surface area contributed by atoms with Crippen molar-refractivity contribution in [2.75, 3.05) is 0 Å². The maximum atomic E-state index is 13.7. The minimum atomic E-state index is -1.17. The van der Waals surface area contributed by atoms with Gasteiger partial charge in [-0.3, -0.25) is 14.4 Å². The lowest BCUT2D eigenvalue weighted by Crippen LogP contribution is -2.61. The third-order valence-corrected chi connectivity index (χ3v) is 7.95. The summed E-state index contributed by atoms with van der Waals surface area (Å²) >= 11 is 0.959. The van der Waals surface area contributed by atoms with Gasteiger partial charge in [0.15, 0.2) is 5.12 Å². The van der Waals surface area contributed by atoms with Crippen LogP contribution in [0.15, 0.2) is 54.6 Å². The number of phenolic OH excluding ortho intramolecular Hbond substituents is 1. The van der Waals surface area contributed by atoms with Gasteiger partial charge in [0.25, 0.3) is 0 Å². The van der Waals surface area contributed by atoms with Crippen molar-refractivity contribution in [3.05, 3.63) is 65.7 Å². The van der Waals surface area contributed by atoms with E-state index in [1.807, 2.05) is 44.2 Å². The highest BCUT2D eigenvalue weighted by Crippen LogP contribution is 2.32. The van der Waals surface area contributed by atoms with Crippen LogP contribution < -0.4 is 10.6 Å². The predicted octanol–water partition coefficient (Wildman–Crippen LogP) is 3.90. The Morgan fingerprint density at radius 1 is 0.974 bits per heavy atom. The molecular weight excluding hydrogens is 504 g/mol. The van der Waals surface area contributed by atoms with Gasteiger partial charge in [-0.2, -0.15) is 0 Å². The Kier molecular flexibility index (Phi) is 10.4. The van der Waals surface area contributed by atoms with Gasteiger partial charge in [0.2, 0.25) is 11.8 Å². The lowest BCUT2D eigenvalue weighted by atomic mass is 9.94. The smallest absolute Gasteiger partial charge is 0.329 e. The summed E-state index contributed by atoms with van der Waals surface area (Å²) in [6, 6.07) is 14.6. The molecule has 2 atom stereocenters. The molecule has 2 amide bonds. The number of carbonyl (C=O) groups excluding carboxylic acids is 4. The second-order valence-corrected chi connectivity index (χ2v) is 11.4. The highest BCUT2D eigenvalue weighted by Gasteiger charge is 2.45. The maximum Gasteiger partial charge on any atom is 0.329 e. The number of thioether (sulfide) groups is 1. The standard InChI is InChI=1S/C29H36N2O6S/c1-19(2)25(38-20(3)32)26(34)31-29(15-7-8-16-29)28(36)30-24(17-21-11-13-23(33)14-12-21)27(35)37-18-22-9-5-4-6-10-22/h4-6,9-14,19,24-25,33H,7-8,15-18H2,1-3H3,(H,30,36)(H,31,34)/t24-,25-/m0/s1. The van der Waals surface area contributed by atoms with Crippen LogP contribution in [0.4, 0.5) is 0 Å². The molecule has 0 bridgehead atoms. The first-order valence-electron chi connectivity index (χ1n) is 12.9. The molecule has 0 saturated heterocycles. The summed E-state index contributed by atoms with van der Waals surface area (Å²) in [5, 5.41) is 14.6. The summed E-state index contributed by atoms with van der Waals surface area (Å²) in [4.78, 5) is 51.8. The number of benzene rings is 2. The molecule has 0 radical (unpaired) electrons. The number of rotatable bonds is 11. The van der Waals surface area contributed by atoms with Crippen molar-refractivity contribution in [2.45, 2.75) is 76.3 Å². The van der Waals surface area contributed by atoms with Crippen LogP contribution >= 0.6 is 11.8 Å². The average molecular weight is 541 g/mol. The number of hydrogen-bond acceptors (Lipinski definition) is 7. The molecule has 1 aliphatic rings. The molecule has 1 aliphatic carbocycles. The molecule has 0 spiro atoms. The second-order valence-electron chi connectivity index (χ2n) is 10.0. The van der Waals surface area contributed by atoms with Gasteiger partial charge < -0.3 is 20.5 Å². The number of esters is 1.